The van der Waals surface area contributed by atoms with Gasteiger partial charge in [0.05, 0.1) is 0 Å². The summed E-state index contributed by atoms with van der Waals surface area (Å²) in [6.07, 6.45) is 7.56. The lowest BCUT2D eigenvalue weighted by atomic mass is 9.54. The smallest absolute Gasteiger partial charge is 0.250 e. The molecule has 0 radical (unpaired) electrons. The fourth-order valence-corrected chi connectivity index (χ4v) is 5.29. The van der Waals surface area contributed by atoms with Gasteiger partial charge in [-0.25, -0.2) is 0 Å². The van der Waals surface area contributed by atoms with Gasteiger partial charge in [-0.3, -0.25) is 4.79 Å². The van der Waals surface area contributed by atoms with Gasteiger partial charge in [0.25, 0.3) is 5.91 Å². The summed E-state index contributed by atoms with van der Waals surface area (Å²) < 4.78 is 0. The first-order valence-corrected chi connectivity index (χ1v) is 7.34. The lowest BCUT2D eigenvalue weighted by Gasteiger charge is -2.57. The van der Waals surface area contributed by atoms with Gasteiger partial charge in [-0.2, -0.15) is 4.99 Å². The Balaban J connectivity index is 1.62. The average molecular weight is 247 g/mol. The molecule has 2 N–H and O–H groups in total. The van der Waals surface area contributed by atoms with Gasteiger partial charge in [-0.05, 0) is 55.8 Å². The molecule has 4 nitrogen and oxygen atoms in total. The van der Waals surface area contributed by atoms with Crippen LogP contribution in [-0.2, 0) is 4.79 Å². The average Bonchev–Trinajstić information content (AvgIpc) is 2.30. The molecule has 0 saturated heterocycles. The Morgan fingerprint density at radius 1 is 1.06 bits per heavy atom. The van der Waals surface area contributed by atoms with Gasteiger partial charge < -0.3 is 10.6 Å². The van der Waals surface area contributed by atoms with Crippen LogP contribution in [0, 0.1) is 23.7 Å². The van der Waals surface area contributed by atoms with Crippen LogP contribution in [0.5, 0.6) is 0 Å². The standard InChI is InChI=1S/C14H21N3O/c15-14-16-12(18)1-2-17(14)13-10-4-8-3-9(6-10)7-11(13)5-8/h8-11,13H,1-7H2,(H2,15,16,18). The van der Waals surface area contributed by atoms with E-state index in [0.29, 0.717) is 18.4 Å². The normalized spacial score (nSPS) is 46.4. The second-order valence-electron chi connectivity index (χ2n) is 6.73. The molecule has 5 rings (SSSR count). The quantitative estimate of drug-likeness (QED) is 0.761. The minimum absolute atomic E-state index is 0.0485. The highest BCUT2D eigenvalue weighted by atomic mass is 16.1. The lowest BCUT2D eigenvalue weighted by Crippen LogP contribution is -2.60. The molecule has 0 atom stereocenters. The van der Waals surface area contributed by atoms with E-state index < -0.39 is 0 Å². The number of carbonyl (C=O) groups is 1. The summed E-state index contributed by atoms with van der Waals surface area (Å²) in [5.74, 6) is 4.02. The second kappa shape index (κ2) is 3.72. The van der Waals surface area contributed by atoms with E-state index in [-0.39, 0.29) is 5.91 Å². The van der Waals surface area contributed by atoms with E-state index in [9.17, 15) is 4.79 Å². The van der Waals surface area contributed by atoms with Gasteiger partial charge >= 0.3 is 0 Å². The van der Waals surface area contributed by atoms with Crippen LogP contribution in [0.3, 0.4) is 0 Å². The summed E-state index contributed by atoms with van der Waals surface area (Å²) in [4.78, 5) is 17.6. The van der Waals surface area contributed by atoms with Gasteiger partial charge in [0, 0.05) is 19.0 Å². The van der Waals surface area contributed by atoms with Gasteiger partial charge in [0.2, 0.25) is 0 Å². The van der Waals surface area contributed by atoms with Gasteiger partial charge in [-0.15, -0.1) is 0 Å². The van der Waals surface area contributed by atoms with E-state index in [1.165, 1.54) is 32.1 Å². The van der Waals surface area contributed by atoms with Crippen LogP contribution in [0.15, 0.2) is 4.99 Å². The molecule has 1 aliphatic heterocycles. The fraction of sp³-hybridized carbons (Fsp3) is 0.857. The van der Waals surface area contributed by atoms with Gasteiger partial charge in [0.1, 0.15) is 0 Å². The maximum Gasteiger partial charge on any atom is 0.250 e. The van der Waals surface area contributed by atoms with Crippen molar-refractivity contribution in [3.05, 3.63) is 0 Å². The highest BCUT2D eigenvalue weighted by Crippen LogP contribution is 2.55. The van der Waals surface area contributed by atoms with E-state index in [1.54, 1.807) is 0 Å². The minimum atomic E-state index is -0.0485. The number of guanidine groups is 1. The van der Waals surface area contributed by atoms with Gasteiger partial charge in [0.15, 0.2) is 5.96 Å². The second-order valence-corrected chi connectivity index (χ2v) is 6.73. The number of nitrogens with two attached hydrogens (primary N) is 1. The van der Waals surface area contributed by atoms with Crippen LogP contribution in [0.25, 0.3) is 0 Å². The van der Waals surface area contributed by atoms with Crippen molar-refractivity contribution in [1.82, 2.24) is 4.90 Å². The van der Waals surface area contributed by atoms with E-state index in [1.807, 2.05) is 0 Å². The maximum absolute atomic E-state index is 11.3. The highest BCUT2D eigenvalue weighted by molar-refractivity contribution is 5.94. The Kier molecular flexibility index (Phi) is 2.24. The zero-order valence-corrected chi connectivity index (χ0v) is 10.7. The van der Waals surface area contributed by atoms with Crippen molar-refractivity contribution in [2.24, 2.45) is 34.4 Å². The van der Waals surface area contributed by atoms with Crippen LogP contribution in [0.4, 0.5) is 0 Å². The van der Waals surface area contributed by atoms with Crippen molar-refractivity contribution in [3.8, 4) is 0 Å². The first-order valence-electron chi connectivity index (χ1n) is 7.34. The molecule has 0 aromatic heterocycles. The van der Waals surface area contributed by atoms with Crippen LogP contribution in [0.1, 0.15) is 38.5 Å². The largest absolute Gasteiger partial charge is 0.369 e. The zero-order chi connectivity index (χ0) is 12.3. The van der Waals surface area contributed by atoms with Crippen molar-refractivity contribution >= 4 is 11.9 Å². The minimum Gasteiger partial charge on any atom is -0.369 e. The molecular weight excluding hydrogens is 226 g/mol. The molecule has 4 bridgehead atoms. The molecule has 5 aliphatic rings. The molecule has 98 valence electrons. The summed E-state index contributed by atoms with van der Waals surface area (Å²) in [6.45, 7) is 0.793. The lowest BCUT2D eigenvalue weighted by molar-refractivity contribution is -0.119. The SMILES string of the molecule is NC1=NC(=O)CCN1C1C2CC3CC(C2)CC1C3. The van der Waals surface area contributed by atoms with E-state index >= 15 is 0 Å². The summed E-state index contributed by atoms with van der Waals surface area (Å²) >= 11 is 0. The monoisotopic (exact) mass is 247 g/mol. The third-order valence-corrected chi connectivity index (χ3v) is 5.64. The predicted octanol–water partition coefficient (Wildman–Crippen LogP) is 1.36. The predicted molar refractivity (Wildman–Crippen MR) is 68.8 cm³/mol. The molecule has 0 unspecified atom stereocenters. The summed E-state index contributed by atoms with van der Waals surface area (Å²) in [6, 6.07) is 0.578. The number of rotatable bonds is 1. The number of nitrogens with zero attached hydrogens (tertiary/aromatic N) is 2. The highest BCUT2D eigenvalue weighted by Gasteiger charge is 2.50. The molecule has 1 amide bonds. The van der Waals surface area contributed by atoms with Crippen LogP contribution in [-0.4, -0.2) is 29.4 Å². The first kappa shape index (κ1) is 10.8. The number of hydrogen-bond donors (Lipinski definition) is 1. The van der Waals surface area contributed by atoms with E-state index in [0.717, 1.165) is 30.2 Å². The van der Waals surface area contributed by atoms with E-state index in [4.69, 9.17) is 5.73 Å². The molecule has 4 saturated carbocycles. The molecule has 0 spiro atoms. The molecule has 0 aromatic rings. The van der Waals surface area contributed by atoms with Crippen LogP contribution >= 0.6 is 0 Å². The Morgan fingerprint density at radius 3 is 2.22 bits per heavy atom. The Morgan fingerprint density at radius 2 is 1.67 bits per heavy atom. The topological polar surface area (TPSA) is 58.7 Å². The Hall–Kier alpha value is -1.06. The summed E-state index contributed by atoms with van der Waals surface area (Å²) in [5, 5.41) is 0. The fourth-order valence-electron chi connectivity index (χ4n) is 5.29. The zero-order valence-electron chi connectivity index (χ0n) is 10.7. The molecule has 4 fully saturated rings. The third-order valence-electron chi connectivity index (χ3n) is 5.64. The molecule has 4 aliphatic carbocycles. The number of amides is 1. The third kappa shape index (κ3) is 1.50. The van der Waals surface area contributed by atoms with Crippen molar-refractivity contribution in [2.75, 3.05) is 6.54 Å². The van der Waals surface area contributed by atoms with Gasteiger partial charge in [-0.1, -0.05) is 0 Å². The molecule has 4 heteroatoms. The van der Waals surface area contributed by atoms with Crippen molar-refractivity contribution in [2.45, 2.75) is 44.6 Å². The van der Waals surface area contributed by atoms with Crippen LogP contribution in [0.2, 0.25) is 0 Å². The molecule has 1 heterocycles. The van der Waals surface area contributed by atoms with E-state index in [2.05, 4.69) is 9.89 Å². The first-order chi connectivity index (χ1) is 8.70. The summed E-state index contributed by atoms with van der Waals surface area (Å²) in [5.41, 5.74) is 6.00. The van der Waals surface area contributed by atoms with Crippen molar-refractivity contribution < 1.29 is 4.79 Å². The van der Waals surface area contributed by atoms with Crippen molar-refractivity contribution in [1.29, 1.82) is 0 Å². The molecule has 0 aromatic carbocycles. The molecule has 18 heavy (non-hydrogen) atoms. The number of aliphatic imine (C=N–C) groups is 1. The number of hydrogen-bond acceptors (Lipinski definition) is 3. The Labute approximate surface area is 108 Å². The van der Waals surface area contributed by atoms with Crippen LogP contribution < -0.4 is 5.73 Å². The Bertz CT molecular complexity index is 389. The summed E-state index contributed by atoms with van der Waals surface area (Å²) in [7, 11) is 0. The van der Waals surface area contributed by atoms with Crippen molar-refractivity contribution in [3.63, 3.8) is 0 Å². The number of carbonyl (C=O) groups excluding carboxylic acids is 1. The maximum atomic E-state index is 11.3. The molecular formula is C14H21N3O.